The molecule has 1 unspecified atom stereocenters. The van der Waals surface area contributed by atoms with Crippen LogP contribution in [0.1, 0.15) is 6.92 Å². The van der Waals surface area contributed by atoms with Crippen LogP contribution >= 0.6 is 73.2 Å². The van der Waals surface area contributed by atoms with Gasteiger partial charge in [-0.15, -0.1) is 23.5 Å². The molecule has 0 saturated heterocycles. The highest BCUT2D eigenvalue weighted by Gasteiger charge is 2.17. The van der Waals surface area contributed by atoms with Crippen LogP contribution in [0.15, 0.2) is 0 Å². The zero-order chi connectivity index (χ0) is 11.5. The molecule has 0 spiro atoms. The van der Waals surface area contributed by atoms with Crippen molar-refractivity contribution in [2.45, 2.75) is 16.8 Å². The predicted molar refractivity (Wildman–Crippen MR) is 92.2 cm³/mol. The van der Waals surface area contributed by atoms with E-state index in [-0.39, 0.29) is 0 Å². The molecular weight excluding hydrogens is 301 g/mol. The van der Waals surface area contributed by atoms with Crippen LogP contribution in [0.3, 0.4) is 0 Å². The van der Waals surface area contributed by atoms with Gasteiger partial charge < -0.3 is 0 Å². The van der Waals surface area contributed by atoms with E-state index >= 15 is 0 Å². The molecule has 0 aliphatic carbocycles. The minimum atomic E-state index is 0.675. The summed E-state index contributed by atoms with van der Waals surface area (Å²) in [6, 6.07) is 0. The van der Waals surface area contributed by atoms with E-state index in [1.165, 1.54) is 0 Å². The van der Waals surface area contributed by atoms with Crippen molar-refractivity contribution in [3.05, 3.63) is 0 Å². The highest BCUT2D eigenvalue weighted by Crippen LogP contribution is 2.33. The zero-order valence-corrected chi connectivity index (χ0v) is 14.1. The van der Waals surface area contributed by atoms with Gasteiger partial charge >= 0.3 is 0 Å². The van der Waals surface area contributed by atoms with Gasteiger partial charge in [-0.3, -0.25) is 0 Å². The molecule has 0 nitrogen and oxygen atoms in total. The van der Waals surface area contributed by atoms with Crippen molar-refractivity contribution in [2.75, 3.05) is 34.5 Å². The van der Waals surface area contributed by atoms with Gasteiger partial charge in [-0.1, -0.05) is 6.92 Å². The molecule has 92 valence electrons. The number of thiol groups is 3. The number of hydrogen-bond acceptors (Lipinski definition) is 6. The summed E-state index contributed by atoms with van der Waals surface area (Å²) in [5, 5.41) is 0.687. The molecule has 0 aliphatic heterocycles. The van der Waals surface area contributed by atoms with Gasteiger partial charge in [0, 0.05) is 22.5 Å². The quantitative estimate of drug-likeness (QED) is 0.415. The largest absolute Gasteiger partial charge is 0.179 e. The lowest BCUT2D eigenvalue weighted by molar-refractivity contribution is 1.08. The molecule has 0 bridgehead atoms. The highest BCUT2D eigenvalue weighted by molar-refractivity contribution is 8.18. The zero-order valence-electron chi connectivity index (χ0n) is 8.96. The maximum atomic E-state index is 4.26. The van der Waals surface area contributed by atoms with Crippen molar-refractivity contribution >= 4 is 73.2 Å². The van der Waals surface area contributed by atoms with Gasteiger partial charge in [-0.05, 0) is 17.3 Å². The smallest absolute Gasteiger partial charge is 0.0618 e. The van der Waals surface area contributed by atoms with E-state index < -0.39 is 0 Å². The van der Waals surface area contributed by atoms with Gasteiger partial charge in [0.25, 0.3) is 0 Å². The Bertz CT molecular complexity index is 124. The Hall–Kier alpha value is 2.10. The second-order valence-electron chi connectivity index (χ2n) is 2.86. The van der Waals surface area contributed by atoms with E-state index in [1.807, 2.05) is 35.3 Å². The van der Waals surface area contributed by atoms with Crippen LogP contribution < -0.4 is 0 Å². The fourth-order valence-electron chi connectivity index (χ4n) is 0.974. The Morgan fingerprint density at radius 1 is 0.800 bits per heavy atom. The van der Waals surface area contributed by atoms with Crippen LogP contribution in [0.5, 0.6) is 0 Å². The summed E-state index contributed by atoms with van der Waals surface area (Å²) >= 11 is 18.8. The Kier molecular flexibility index (Phi) is 14.3. The lowest BCUT2D eigenvalue weighted by Gasteiger charge is -2.22. The van der Waals surface area contributed by atoms with E-state index in [1.54, 1.807) is 0 Å². The standard InChI is InChI=1S/C9H20S6/c1-8(13-5-2-10)9(14-6-3-11)15-7-4-12/h8-12H,2-7H2,1H3. The van der Waals surface area contributed by atoms with Crippen LogP contribution in [0.2, 0.25) is 0 Å². The maximum absolute atomic E-state index is 4.26. The molecule has 6 heteroatoms. The number of rotatable bonds is 10. The molecule has 0 amide bonds. The monoisotopic (exact) mass is 320 g/mol. The van der Waals surface area contributed by atoms with E-state index in [2.05, 4.69) is 44.8 Å². The molecule has 0 N–H and O–H groups in total. The molecule has 15 heavy (non-hydrogen) atoms. The third kappa shape index (κ3) is 9.77. The van der Waals surface area contributed by atoms with Crippen LogP contribution in [-0.2, 0) is 0 Å². The summed E-state index contributed by atoms with van der Waals surface area (Å²) in [7, 11) is 0. The Labute approximate surface area is 123 Å². The van der Waals surface area contributed by atoms with Crippen molar-refractivity contribution < 1.29 is 0 Å². The van der Waals surface area contributed by atoms with Gasteiger partial charge in [0.2, 0.25) is 0 Å². The fraction of sp³-hybridized carbons (Fsp3) is 1.00. The number of hydrogen-bond donors (Lipinski definition) is 3. The van der Waals surface area contributed by atoms with Crippen molar-refractivity contribution in [1.29, 1.82) is 0 Å². The third-order valence-corrected chi connectivity index (χ3v) is 7.93. The Morgan fingerprint density at radius 2 is 1.20 bits per heavy atom. The summed E-state index contributed by atoms with van der Waals surface area (Å²) in [6.45, 7) is 2.32. The Morgan fingerprint density at radius 3 is 1.60 bits per heavy atom. The van der Waals surface area contributed by atoms with Crippen LogP contribution in [-0.4, -0.2) is 44.3 Å². The molecule has 0 rings (SSSR count). The van der Waals surface area contributed by atoms with Crippen molar-refractivity contribution in [2.24, 2.45) is 0 Å². The molecule has 0 saturated carbocycles. The van der Waals surface area contributed by atoms with Crippen LogP contribution in [0.25, 0.3) is 0 Å². The molecule has 0 radical (unpaired) electrons. The summed E-state index contributed by atoms with van der Waals surface area (Å²) in [5.74, 6) is 6.32. The van der Waals surface area contributed by atoms with Crippen LogP contribution in [0, 0.1) is 0 Å². The fourth-order valence-corrected chi connectivity index (χ4v) is 5.68. The molecule has 1 atom stereocenters. The first kappa shape index (κ1) is 17.1. The molecule has 0 aromatic rings. The molecule has 0 aromatic carbocycles. The topological polar surface area (TPSA) is 0 Å². The summed E-state index contributed by atoms with van der Waals surface area (Å²) in [6.07, 6.45) is 0. The second-order valence-corrected chi connectivity index (χ2v) is 8.48. The van der Waals surface area contributed by atoms with E-state index in [0.29, 0.717) is 9.83 Å². The minimum Gasteiger partial charge on any atom is -0.179 e. The Balaban J connectivity index is 3.84. The molecular formula is C9H20S6. The maximum Gasteiger partial charge on any atom is 0.0618 e. The lowest BCUT2D eigenvalue weighted by atomic mass is 10.5. The molecule has 0 aliphatic rings. The molecule has 0 aromatic heterocycles. The van der Waals surface area contributed by atoms with Crippen molar-refractivity contribution in [3.63, 3.8) is 0 Å². The van der Waals surface area contributed by atoms with Crippen molar-refractivity contribution in [3.8, 4) is 0 Å². The lowest BCUT2D eigenvalue weighted by Crippen LogP contribution is -2.15. The van der Waals surface area contributed by atoms with Gasteiger partial charge in [0.1, 0.15) is 0 Å². The average molecular weight is 321 g/mol. The predicted octanol–water partition coefficient (Wildman–Crippen LogP) is 3.69. The molecule has 0 fully saturated rings. The normalized spacial score (nSPS) is 13.4. The first-order valence-electron chi connectivity index (χ1n) is 4.93. The average Bonchev–Trinajstić information content (AvgIpc) is 2.26. The molecule has 0 heterocycles. The van der Waals surface area contributed by atoms with Gasteiger partial charge in [-0.25, -0.2) is 0 Å². The third-order valence-electron chi connectivity index (χ3n) is 1.60. The van der Waals surface area contributed by atoms with E-state index in [4.69, 9.17) is 0 Å². The minimum absolute atomic E-state index is 0.675. The van der Waals surface area contributed by atoms with Crippen LogP contribution in [0.4, 0.5) is 0 Å². The number of thioether (sulfide) groups is 3. The summed E-state index contributed by atoms with van der Waals surface area (Å²) < 4.78 is 0.675. The van der Waals surface area contributed by atoms with Crippen molar-refractivity contribution in [1.82, 2.24) is 0 Å². The van der Waals surface area contributed by atoms with Gasteiger partial charge in [0.05, 0.1) is 4.58 Å². The van der Waals surface area contributed by atoms with Gasteiger partial charge in [-0.2, -0.15) is 49.6 Å². The summed E-state index contributed by atoms with van der Waals surface area (Å²) in [5.41, 5.74) is 0. The highest BCUT2D eigenvalue weighted by atomic mass is 32.2. The van der Waals surface area contributed by atoms with E-state index in [0.717, 1.165) is 34.5 Å². The van der Waals surface area contributed by atoms with E-state index in [9.17, 15) is 0 Å². The first-order valence-corrected chi connectivity index (χ1v) is 9.98. The summed E-state index contributed by atoms with van der Waals surface area (Å²) in [4.78, 5) is 0. The van der Waals surface area contributed by atoms with Gasteiger partial charge in [0.15, 0.2) is 0 Å². The SMILES string of the molecule is CC(SCCS)C(SCCS)SCCS. The second kappa shape index (κ2) is 12.6. The first-order chi connectivity index (χ1) is 7.26.